The van der Waals surface area contributed by atoms with E-state index in [0.717, 1.165) is 0 Å². The Hall–Kier alpha value is -4.26. The van der Waals surface area contributed by atoms with Crippen LogP contribution in [0.4, 0.5) is 11.4 Å². The fourth-order valence-corrected chi connectivity index (χ4v) is 4.23. The molecular formula is C26H21N3O4. The molecule has 0 N–H and O–H groups in total. The van der Waals surface area contributed by atoms with Crippen molar-refractivity contribution in [3.63, 3.8) is 0 Å². The lowest BCUT2D eigenvalue weighted by atomic mass is 9.83. The molecule has 1 aliphatic heterocycles. The second-order valence-corrected chi connectivity index (χ2v) is 7.89. The molecule has 2 atom stereocenters. The molecule has 5 rings (SSSR count). The lowest BCUT2D eigenvalue weighted by Gasteiger charge is -2.44. The maximum Gasteiger partial charge on any atom is 0.339 e. The number of aromatic nitrogens is 1. The van der Waals surface area contributed by atoms with Gasteiger partial charge in [-0.3, -0.25) is 14.6 Å². The van der Waals surface area contributed by atoms with Crippen LogP contribution in [0.2, 0.25) is 0 Å². The molecule has 1 fully saturated rings. The minimum atomic E-state index is -0.696. The topological polar surface area (TPSA) is 79.8 Å². The van der Waals surface area contributed by atoms with E-state index >= 15 is 0 Å². The van der Waals surface area contributed by atoms with Crippen molar-refractivity contribution < 1.29 is 19.1 Å². The summed E-state index contributed by atoms with van der Waals surface area (Å²) >= 11 is 0. The van der Waals surface area contributed by atoms with Crippen LogP contribution in [0.5, 0.6) is 0 Å². The third kappa shape index (κ3) is 3.89. The van der Waals surface area contributed by atoms with Gasteiger partial charge in [0.25, 0.3) is 11.8 Å². The quantitative estimate of drug-likeness (QED) is 0.576. The summed E-state index contributed by atoms with van der Waals surface area (Å²) in [4.78, 5) is 43.8. The van der Waals surface area contributed by atoms with E-state index in [1.165, 1.54) is 16.2 Å². The van der Waals surface area contributed by atoms with Crippen molar-refractivity contribution in [1.82, 2.24) is 4.98 Å². The maximum atomic E-state index is 13.7. The molecule has 2 heterocycles. The number of anilines is 2. The summed E-state index contributed by atoms with van der Waals surface area (Å²) in [6.45, 7) is 0. The normalized spacial score (nSPS) is 20.2. The Balaban J connectivity index is 1.47. The van der Waals surface area contributed by atoms with Crippen LogP contribution >= 0.6 is 0 Å². The zero-order valence-electron chi connectivity index (χ0n) is 17.7. The molecule has 0 radical (unpaired) electrons. The van der Waals surface area contributed by atoms with Crippen LogP contribution in [0.1, 0.15) is 23.2 Å². The Morgan fingerprint density at radius 3 is 2.18 bits per heavy atom. The van der Waals surface area contributed by atoms with Gasteiger partial charge in [-0.15, -0.1) is 0 Å². The lowest BCUT2D eigenvalue weighted by Crippen LogP contribution is -2.60. The van der Waals surface area contributed by atoms with Crippen molar-refractivity contribution >= 4 is 29.2 Å². The number of para-hydroxylation sites is 2. The number of pyridine rings is 1. The average molecular weight is 439 g/mol. The van der Waals surface area contributed by atoms with Crippen LogP contribution < -0.4 is 10.0 Å². The van der Waals surface area contributed by atoms with Crippen LogP contribution in [-0.4, -0.2) is 28.9 Å². The number of nitrogens with zero attached hydrogens (tertiary/aromatic N) is 3. The molecule has 0 spiro atoms. The summed E-state index contributed by atoms with van der Waals surface area (Å²) in [7, 11) is 0. The number of hydrogen-bond donors (Lipinski definition) is 0. The fraction of sp³-hybridized carbons (Fsp3) is 0.154. The van der Waals surface area contributed by atoms with Crippen LogP contribution in [0, 0.1) is 5.92 Å². The summed E-state index contributed by atoms with van der Waals surface area (Å²) in [5.41, 5.74) is 1.97. The van der Waals surface area contributed by atoms with Gasteiger partial charge in [-0.25, -0.2) is 14.8 Å². The highest BCUT2D eigenvalue weighted by Crippen LogP contribution is 2.38. The number of carbonyl (C=O) groups excluding carboxylic acids is 3. The first kappa shape index (κ1) is 20.6. The summed E-state index contributed by atoms with van der Waals surface area (Å²) in [6, 6.07) is 21.5. The van der Waals surface area contributed by atoms with Crippen LogP contribution in [0.25, 0.3) is 0 Å². The minimum Gasteiger partial charge on any atom is -0.458 e. The number of hydrazine groups is 1. The number of esters is 1. The smallest absolute Gasteiger partial charge is 0.339 e. The highest BCUT2D eigenvalue weighted by Gasteiger charge is 2.47. The molecule has 3 aromatic rings. The molecule has 7 nitrogen and oxygen atoms in total. The molecule has 1 saturated heterocycles. The van der Waals surface area contributed by atoms with Gasteiger partial charge in [0.05, 0.1) is 22.9 Å². The zero-order valence-corrected chi connectivity index (χ0v) is 17.7. The Bertz CT molecular complexity index is 1210. The number of benzene rings is 2. The van der Waals surface area contributed by atoms with Crippen molar-refractivity contribution in [1.29, 1.82) is 0 Å². The van der Waals surface area contributed by atoms with E-state index < -0.39 is 18.0 Å². The van der Waals surface area contributed by atoms with Crippen molar-refractivity contribution in [3.05, 3.63) is 102 Å². The van der Waals surface area contributed by atoms with E-state index in [2.05, 4.69) is 4.98 Å². The van der Waals surface area contributed by atoms with Gasteiger partial charge >= 0.3 is 5.97 Å². The largest absolute Gasteiger partial charge is 0.458 e. The van der Waals surface area contributed by atoms with Gasteiger partial charge in [-0.05, 0) is 36.4 Å². The first-order valence-electron chi connectivity index (χ1n) is 10.7. The van der Waals surface area contributed by atoms with E-state index in [9.17, 15) is 14.4 Å². The van der Waals surface area contributed by atoms with Crippen molar-refractivity contribution in [3.8, 4) is 0 Å². The Labute approximate surface area is 190 Å². The van der Waals surface area contributed by atoms with Gasteiger partial charge in [0.1, 0.15) is 6.10 Å². The summed E-state index contributed by atoms with van der Waals surface area (Å²) in [6.07, 6.45) is 4.85. The molecule has 0 saturated carbocycles. The van der Waals surface area contributed by atoms with E-state index in [0.29, 0.717) is 28.9 Å². The number of carbonyl (C=O) groups is 3. The molecule has 0 bridgehead atoms. The van der Waals surface area contributed by atoms with Gasteiger partial charge in [0.15, 0.2) is 0 Å². The van der Waals surface area contributed by atoms with E-state index in [1.54, 1.807) is 48.7 Å². The third-order valence-electron chi connectivity index (χ3n) is 5.79. The van der Waals surface area contributed by atoms with Crippen molar-refractivity contribution in [2.24, 2.45) is 5.92 Å². The lowest BCUT2D eigenvalue weighted by molar-refractivity contribution is -0.129. The third-order valence-corrected chi connectivity index (χ3v) is 5.79. The minimum absolute atomic E-state index is 0.238. The molecule has 164 valence electrons. The van der Waals surface area contributed by atoms with E-state index in [-0.39, 0.29) is 18.2 Å². The van der Waals surface area contributed by atoms with Gasteiger partial charge in [-0.1, -0.05) is 42.5 Å². The monoisotopic (exact) mass is 439 g/mol. The van der Waals surface area contributed by atoms with Crippen LogP contribution in [0.3, 0.4) is 0 Å². The van der Waals surface area contributed by atoms with Crippen molar-refractivity contribution in [2.45, 2.75) is 18.9 Å². The number of ether oxygens (including phenoxy) is 1. The van der Waals surface area contributed by atoms with Gasteiger partial charge in [0.2, 0.25) is 0 Å². The summed E-state index contributed by atoms with van der Waals surface area (Å²) < 4.78 is 5.64. The van der Waals surface area contributed by atoms with Gasteiger partial charge in [0, 0.05) is 30.8 Å². The Morgan fingerprint density at radius 2 is 1.55 bits per heavy atom. The molecule has 2 aliphatic rings. The molecule has 1 aromatic heterocycles. The molecule has 7 heteroatoms. The predicted octanol–water partition coefficient (Wildman–Crippen LogP) is 3.94. The molecule has 33 heavy (non-hydrogen) atoms. The number of amides is 2. The zero-order chi connectivity index (χ0) is 22.8. The fourth-order valence-electron chi connectivity index (χ4n) is 4.23. The average Bonchev–Trinajstić information content (AvgIpc) is 2.87. The predicted molar refractivity (Wildman–Crippen MR) is 122 cm³/mol. The van der Waals surface area contributed by atoms with Crippen LogP contribution in [-0.2, 0) is 14.3 Å². The second kappa shape index (κ2) is 8.70. The van der Waals surface area contributed by atoms with Gasteiger partial charge < -0.3 is 4.74 Å². The highest BCUT2D eigenvalue weighted by molar-refractivity contribution is 6.20. The molecule has 2 aromatic carbocycles. The number of fused-ring (bicyclic) bond motifs is 1. The molecular weight excluding hydrogens is 418 g/mol. The van der Waals surface area contributed by atoms with E-state index in [1.807, 2.05) is 36.4 Å². The van der Waals surface area contributed by atoms with Crippen LogP contribution in [0.15, 0.2) is 96.8 Å². The molecule has 2 amide bonds. The first-order valence-corrected chi connectivity index (χ1v) is 10.7. The first-order chi connectivity index (χ1) is 16.1. The molecule has 1 aliphatic carbocycles. The van der Waals surface area contributed by atoms with Crippen molar-refractivity contribution in [2.75, 3.05) is 10.0 Å². The number of hydrogen-bond acceptors (Lipinski definition) is 5. The Morgan fingerprint density at radius 1 is 0.879 bits per heavy atom. The standard InChI is InChI=1S/C26H21N3O4/c30-24-22-14-13-21(33-26(32)18-8-7-15-27-17-18)16-23(22)25(31)29(20-11-5-2-6-12-20)28(24)19-9-3-1-4-10-19/h1-12,14-15,17,21,23H,13,16H2. The number of rotatable bonds is 4. The van der Waals surface area contributed by atoms with E-state index in [4.69, 9.17) is 4.74 Å². The summed E-state index contributed by atoms with van der Waals surface area (Å²) in [5.74, 6) is -1.69. The Kier molecular flexibility index (Phi) is 5.44. The van der Waals surface area contributed by atoms with Gasteiger partial charge in [-0.2, -0.15) is 0 Å². The second-order valence-electron chi connectivity index (χ2n) is 7.89. The highest BCUT2D eigenvalue weighted by atomic mass is 16.5. The SMILES string of the molecule is O=C(OC1CC=C2C(=O)N(c3ccccc3)N(c3ccccc3)C(=O)C2C1)c1cccnc1. The summed E-state index contributed by atoms with van der Waals surface area (Å²) in [5, 5.41) is 2.84. The molecule has 2 unspecified atom stereocenters. The maximum absolute atomic E-state index is 13.7.